The standard InChI is InChI=1S/C15H19BrFNO3/c1-15(14(19)20-2,18-9-11-4-3-7-21-11)10-5-6-13(17)12(16)8-10/h5-6,8,11,18H,3-4,7,9H2,1-2H3. The predicted molar refractivity (Wildman–Crippen MR) is 80.4 cm³/mol. The fraction of sp³-hybridized carbons (Fsp3) is 0.533. The first kappa shape index (κ1) is 16.4. The van der Waals surface area contributed by atoms with Crippen LogP contribution in [0.25, 0.3) is 0 Å². The molecule has 21 heavy (non-hydrogen) atoms. The molecule has 6 heteroatoms. The highest BCUT2D eigenvalue weighted by Crippen LogP contribution is 2.27. The van der Waals surface area contributed by atoms with Gasteiger partial charge in [0.1, 0.15) is 11.4 Å². The number of esters is 1. The van der Waals surface area contributed by atoms with Crippen molar-refractivity contribution in [1.82, 2.24) is 5.32 Å². The summed E-state index contributed by atoms with van der Waals surface area (Å²) < 4.78 is 24.2. The third-order valence-electron chi connectivity index (χ3n) is 3.80. The number of carbonyl (C=O) groups is 1. The summed E-state index contributed by atoms with van der Waals surface area (Å²) >= 11 is 3.15. The summed E-state index contributed by atoms with van der Waals surface area (Å²) in [6.45, 7) is 3.03. The van der Waals surface area contributed by atoms with Gasteiger partial charge in [-0.25, -0.2) is 9.18 Å². The van der Waals surface area contributed by atoms with Crippen molar-refractivity contribution in [3.05, 3.63) is 34.1 Å². The van der Waals surface area contributed by atoms with Crippen molar-refractivity contribution >= 4 is 21.9 Å². The number of rotatable bonds is 5. The van der Waals surface area contributed by atoms with E-state index in [0.29, 0.717) is 16.6 Å². The molecule has 0 saturated carbocycles. The maximum Gasteiger partial charge on any atom is 0.330 e. The highest BCUT2D eigenvalue weighted by atomic mass is 79.9. The zero-order valence-electron chi connectivity index (χ0n) is 12.1. The van der Waals surface area contributed by atoms with E-state index in [9.17, 15) is 9.18 Å². The Kier molecular flexibility index (Phi) is 5.35. The van der Waals surface area contributed by atoms with Crippen LogP contribution in [0.5, 0.6) is 0 Å². The van der Waals surface area contributed by atoms with E-state index in [1.807, 2.05) is 0 Å². The summed E-state index contributed by atoms with van der Waals surface area (Å²) in [6.07, 6.45) is 2.10. The quantitative estimate of drug-likeness (QED) is 0.821. The summed E-state index contributed by atoms with van der Waals surface area (Å²) in [5, 5.41) is 3.21. The Hall–Kier alpha value is -0.980. The van der Waals surface area contributed by atoms with Gasteiger partial charge in [0.25, 0.3) is 0 Å². The summed E-state index contributed by atoms with van der Waals surface area (Å²) in [6, 6.07) is 4.50. The number of hydrogen-bond acceptors (Lipinski definition) is 4. The van der Waals surface area contributed by atoms with Crippen LogP contribution in [0.15, 0.2) is 22.7 Å². The molecule has 1 aliphatic rings. The van der Waals surface area contributed by atoms with Crippen LogP contribution in [-0.4, -0.2) is 32.3 Å². The zero-order chi connectivity index (χ0) is 15.5. The van der Waals surface area contributed by atoms with E-state index >= 15 is 0 Å². The first-order valence-electron chi connectivity index (χ1n) is 6.88. The van der Waals surface area contributed by atoms with Gasteiger partial charge in [-0.3, -0.25) is 5.32 Å². The highest BCUT2D eigenvalue weighted by Gasteiger charge is 2.37. The fourth-order valence-corrected chi connectivity index (χ4v) is 2.81. The monoisotopic (exact) mass is 359 g/mol. The molecule has 1 saturated heterocycles. The van der Waals surface area contributed by atoms with Crippen molar-refractivity contribution in [3.8, 4) is 0 Å². The second-order valence-corrected chi connectivity index (χ2v) is 6.12. The molecular formula is C15H19BrFNO3. The number of hydrogen-bond donors (Lipinski definition) is 1. The van der Waals surface area contributed by atoms with Crippen molar-refractivity contribution in [1.29, 1.82) is 0 Å². The molecule has 0 aliphatic carbocycles. The Balaban J connectivity index is 2.22. The minimum atomic E-state index is -1.04. The van der Waals surface area contributed by atoms with Crippen molar-refractivity contribution in [2.75, 3.05) is 20.3 Å². The van der Waals surface area contributed by atoms with Crippen LogP contribution in [-0.2, 0) is 19.8 Å². The van der Waals surface area contributed by atoms with Crippen molar-refractivity contribution in [2.45, 2.75) is 31.4 Å². The lowest BCUT2D eigenvalue weighted by atomic mass is 9.91. The van der Waals surface area contributed by atoms with Crippen molar-refractivity contribution in [2.24, 2.45) is 0 Å². The molecule has 0 radical (unpaired) electrons. The maximum atomic E-state index is 13.4. The molecule has 0 aromatic heterocycles. The van der Waals surface area contributed by atoms with E-state index in [4.69, 9.17) is 9.47 Å². The van der Waals surface area contributed by atoms with Gasteiger partial charge in [0.15, 0.2) is 0 Å². The Bertz CT molecular complexity index is 520. The first-order chi connectivity index (χ1) is 9.97. The molecule has 0 spiro atoms. The van der Waals surface area contributed by atoms with Crippen LogP contribution >= 0.6 is 15.9 Å². The third kappa shape index (κ3) is 3.62. The van der Waals surface area contributed by atoms with Crippen molar-refractivity contribution in [3.63, 3.8) is 0 Å². The minimum Gasteiger partial charge on any atom is -0.467 e. The number of ether oxygens (including phenoxy) is 2. The summed E-state index contributed by atoms with van der Waals surface area (Å²) in [4.78, 5) is 12.2. The van der Waals surface area contributed by atoms with Crippen LogP contribution in [0.2, 0.25) is 0 Å². The van der Waals surface area contributed by atoms with Gasteiger partial charge in [-0.05, 0) is 53.4 Å². The van der Waals surface area contributed by atoms with Crippen LogP contribution in [0.3, 0.4) is 0 Å². The van der Waals surface area contributed by atoms with Gasteiger partial charge in [0, 0.05) is 13.2 Å². The minimum absolute atomic E-state index is 0.0953. The molecule has 1 N–H and O–H groups in total. The van der Waals surface area contributed by atoms with Gasteiger partial charge in [0.2, 0.25) is 0 Å². The molecular weight excluding hydrogens is 341 g/mol. The molecule has 0 bridgehead atoms. The average Bonchev–Trinajstić information content (AvgIpc) is 3.00. The van der Waals surface area contributed by atoms with Gasteiger partial charge in [-0.1, -0.05) is 6.07 Å². The molecule has 1 aromatic rings. The fourth-order valence-electron chi connectivity index (χ4n) is 2.43. The predicted octanol–water partition coefficient (Wildman–Crippen LogP) is 2.75. The Morgan fingerprint density at radius 1 is 1.62 bits per heavy atom. The maximum absolute atomic E-state index is 13.4. The van der Waals surface area contributed by atoms with Gasteiger partial charge >= 0.3 is 5.97 Å². The Labute approximate surface area is 132 Å². The van der Waals surface area contributed by atoms with Crippen LogP contribution in [0.4, 0.5) is 4.39 Å². The number of methoxy groups -OCH3 is 1. The van der Waals surface area contributed by atoms with E-state index in [2.05, 4.69) is 21.2 Å². The number of benzene rings is 1. The van der Waals surface area contributed by atoms with E-state index < -0.39 is 11.5 Å². The zero-order valence-corrected chi connectivity index (χ0v) is 13.7. The van der Waals surface area contributed by atoms with Crippen molar-refractivity contribution < 1.29 is 18.7 Å². The molecule has 2 atom stereocenters. The molecule has 4 nitrogen and oxygen atoms in total. The molecule has 1 heterocycles. The first-order valence-corrected chi connectivity index (χ1v) is 7.67. The van der Waals surface area contributed by atoms with E-state index in [1.165, 1.54) is 13.2 Å². The average molecular weight is 360 g/mol. The van der Waals surface area contributed by atoms with E-state index in [-0.39, 0.29) is 11.9 Å². The van der Waals surface area contributed by atoms with Crippen LogP contribution in [0, 0.1) is 5.82 Å². The smallest absolute Gasteiger partial charge is 0.330 e. The summed E-state index contributed by atoms with van der Waals surface area (Å²) in [5.74, 6) is -0.788. The molecule has 2 rings (SSSR count). The van der Waals surface area contributed by atoms with Gasteiger partial charge in [0.05, 0.1) is 17.7 Å². The van der Waals surface area contributed by atoms with Gasteiger partial charge in [-0.15, -0.1) is 0 Å². The number of carbonyl (C=O) groups excluding carboxylic acids is 1. The van der Waals surface area contributed by atoms with Gasteiger partial charge in [-0.2, -0.15) is 0 Å². The van der Waals surface area contributed by atoms with E-state index in [0.717, 1.165) is 19.4 Å². The lowest BCUT2D eigenvalue weighted by Gasteiger charge is -2.30. The summed E-state index contributed by atoms with van der Waals surface area (Å²) in [7, 11) is 1.34. The number of halogens is 2. The Morgan fingerprint density at radius 3 is 2.95 bits per heavy atom. The van der Waals surface area contributed by atoms with Gasteiger partial charge < -0.3 is 9.47 Å². The largest absolute Gasteiger partial charge is 0.467 e. The second kappa shape index (κ2) is 6.85. The lowest BCUT2D eigenvalue weighted by Crippen LogP contribution is -2.49. The molecule has 116 valence electrons. The SMILES string of the molecule is COC(=O)C(C)(NCC1CCCO1)c1ccc(F)c(Br)c1. The molecule has 0 amide bonds. The summed E-state index contributed by atoms with van der Waals surface area (Å²) in [5.41, 5.74) is -0.405. The highest BCUT2D eigenvalue weighted by molar-refractivity contribution is 9.10. The second-order valence-electron chi connectivity index (χ2n) is 5.26. The molecule has 1 fully saturated rings. The molecule has 2 unspecified atom stereocenters. The topological polar surface area (TPSA) is 47.6 Å². The van der Waals surface area contributed by atoms with Crippen LogP contribution in [0.1, 0.15) is 25.3 Å². The number of nitrogens with one attached hydrogen (secondary N) is 1. The molecule has 1 aliphatic heterocycles. The lowest BCUT2D eigenvalue weighted by molar-refractivity contribution is -0.148. The Morgan fingerprint density at radius 2 is 2.38 bits per heavy atom. The van der Waals surface area contributed by atoms with Crippen LogP contribution < -0.4 is 5.32 Å². The normalized spacial score (nSPS) is 21.0. The van der Waals surface area contributed by atoms with E-state index in [1.54, 1.807) is 19.1 Å². The third-order valence-corrected chi connectivity index (χ3v) is 4.41. The molecule has 1 aromatic carbocycles.